The predicted octanol–water partition coefficient (Wildman–Crippen LogP) is 3.70. The first kappa shape index (κ1) is 8.58. The fourth-order valence-corrected chi connectivity index (χ4v) is 1.25. The summed E-state index contributed by atoms with van der Waals surface area (Å²) in [6.07, 6.45) is 11.0. The summed E-state index contributed by atoms with van der Waals surface area (Å²) >= 11 is 0. The van der Waals surface area contributed by atoms with Crippen molar-refractivity contribution in [1.82, 2.24) is 0 Å². The lowest BCUT2D eigenvalue weighted by Crippen LogP contribution is -1.78. The third kappa shape index (κ3) is 3.41. The summed E-state index contributed by atoms with van der Waals surface area (Å²) in [5, 5.41) is 0. The first-order valence-electron chi connectivity index (χ1n) is 4.68. The van der Waals surface area contributed by atoms with Gasteiger partial charge in [0.2, 0.25) is 0 Å². The van der Waals surface area contributed by atoms with Crippen molar-refractivity contribution in [2.45, 2.75) is 39.0 Å². The van der Waals surface area contributed by atoms with Gasteiger partial charge in [-0.1, -0.05) is 37.6 Å². The summed E-state index contributed by atoms with van der Waals surface area (Å²) in [6, 6.07) is 0. The van der Waals surface area contributed by atoms with Crippen LogP contribution in [0.3, 0.4) is 0 Å². The molecular weight excluding hydrogens is 132 g/mol. The van der Waals surface area contributed by atoms with Crippen LogP contribution >= 0.6 is 0 Å². The van der Waals surface area contributed by atoms with Gasteiger partial charge < -0.3 is 0 Å². The van der Waals surface area contributed by atoms with Crippen molar-refractivity contribution in [3.63, 3.8) is 0 Å². The Morgan fingerprint density at radius 3 is 2.73 bits per heavy atom. The molecule has 0 aliphatic heterocycles. The molecule has 0 bridgehead atoms. The molecule has 0 aromatic carbocycles. The lowest BCUT2D eigenvalue weighted by molar-refractivity contribution is 0.841. The minimum atomic E-state index is 1.02. The molecule has 0 nitrogen and oxygen atoms in total. The van der Waals surface area contributed by atoms with E-state index in [2.05, 4.69) is 19.6 Å². The molecule has 11 heavy (non-hydrogen) atoms. The van der Waals surface area contributed by atoms with Crippen LogP contribution in [0.2, 0.25) is 0 Å². The molecular formula is C11H18. The maximum atomic E-state index is 3.81. The van der Waals surface area contributed by atoms with Crippen molar-refractivity contribution in [3.8, 4) is 0 Å². The second-order valence-electron chi connectivity index (χ2n) is 3.41. The molecule has 62 valence electrons. The van der Waals surface area contributed by atoms with E-state index in [1.807, 2.05) is 6.08 Å². The first-order chi connectivity index (χ1) is 5.36. The van der Waals surface area contributed by atoms with Crippen LogP contribution < -0.4 is 0 Å². The highest BCUT2D eigenvalue weighted by Crippen LogP contribution is 2.33. The molecule has 1 aliphatic rings. The molecule has 0 N–H and O–H groups in total. The van der Waals surface area contributed by atoms with Gasteiger partial charge in [0.05, 0.1) is 0 Å². The molecule has 0 amide bonds. The average Bonchev–Trinajstić information content (AvgIpc) is 2.81. The summed E-state index contributed by atoms with van der Waals surface area (Å²) in [5.41, 5.74) is 1.44. The maximum absolute atomic E-state index is 3.81. The van der Waals surface area contributed by atoms with E-state index in [9.17, 15) is 0 Å². The summed E-state index contributed by atoms with van der Waals surface area (Å²) in [6.45, 7) is 6.03. The largest absolute Gasteiger partial charge is 0.0988 e. The van der Waals surface area contributed by atoms with E-state index in [-0.39, 0.29) is 0 Å². The predicted molar refractivity (Wildman–Crippen MR) is 50.5 cm³/mol. The third-order valence-corrected chi connectivity index (χ3v) is 2.21. The molecule has 0 heteroatoms. The number of hydrogen-bond donors (Lipinski definition) is 0. The van der Waals surface area contributed by atoms with Gasteiger partial charge in [-0.3, -0.25) is 0 Å². The fraction of sp³-hybridized carbons (Fsp3) is 0.636. The Bertz CT molecular complexity index is 149. The van der Waals surface area contributed by atoms with Crippen LogP contribution in [0.25, 0.3) is 0 Å². The zero-order valence-electron chi connectivity index (χ0n) is 7.47. The Balaban J connectivity index is 2.24. The molecule has 0 heterocycles. The monoisotopic (exact) mass is 150 g/mol. The van der Waals surface area contributed by atoms with Crippen molar-refractivity contribution in [3.05, 3.63) is 24.3 Å². The molecule has 1 fully saturated rings. The Kier molecular flexibility index (Phi) is 3.41. The zero-order valence-corrected chi connectivity index (χ0v) is 7.47. The minimum absolute atomic E-state index is 1.02. The summed E-state index contributed by atoms with van der Waals surface area (Å²) in [7, 11) is 0. The topological polar surface area (TPSA) is 0 Å². The van der Waals surface area contributed by atoms with E-state index in [4.69, 9.17) is 0 Å². The van der Waals surface area contributed by atoms with Crippen molar-refractivity contribution < 1.29 is 0 Å². The van der Waals surface area contributed by atoms with Gasteiger partial charge in [0.25, 0.3) is 0 Å². The lowest BCUT2D eigenvalue weighted by Gasteiger charge is -1.97. The standard InChI is InChI=1S/C11H18/c1-3-5-10(4-2)6-7-11-8-9-11/h4,6,11H,2-3,5,7-9H2,1H3. The molecule has 0 aromatic rings. The molecule has 1 aliphatic carbocycles. The summed E-state index contributed by atoms with van der Waals surface area (Å²) in [5.74, 6) is 1.02. The first-order valence-corrected chi connectivity index (χ1v) is 4.68. The van der Waals surface area contributed by atoms with E-state index in [1.54, 1.807) is 0 Å². The summed E-state index contributed by atoms with van der Waals surface area (Å²) < 4.78 is 0. The molecule has 0 saturated heterocycles. The average molecular weight is 150 g/mol. The maximum Gasteiger partial charge on any atom is -0.0285 e. The van der Waals surface area contributed by atoms with Crippen molar-refractivity contribution in [2.75, 3.05) is 0 Å². The normalized spacial score (nSPS) is 18.5. The highest BCUT2D eigenvalue weighted by atomic mass is 14.2. The van der Waals surface area contributed by atoms with Gasteiger partial charge in [-0.2, -0.15) is 0 Å². The van der Waals surface area contributed by atoms with Crippen LogP contribution in [0.5, 0.6) is 0 Å². The Hall–Kier alpha value is -0.520. The van der Waals surface area contributed by atoms with Crippen LogP contribution in [0.4, 0.5) is 0 Å². The zero-order chi connectivity index (χ0) is 8.10. The highest BCUT2D eigenvalue weighted by Gasteiger charge is 2.19. The molecule has 0 spiro atoms. The second kappa shape index (κ2) is 4.38. The van der Waals surface area contributed by atoms with Crippen molar-refractivity contribution >= 4 is 0 Å². The highest BCUT2D eigenvalue weighted by molar-refractivity contribution is 5.16. The van der Waals surface area contributed by atoms with Crippen molar-refractivity contribution in [1.29, 1.82) is 0 Å². The number of allylic oxidation sites excluding steroid dienone is 3. The quantitative estimate of drug-likeness (QED) is 0.524. The Labute approximate surface area is 70.0 Å². The fourth-order valence-electron chi connectivity index (χ4n) is 1.25. The van der Waals surface area contributed by atoms with Crippen LogP contribution in [-0.4, -0.2) is 0 Å². The van der Waals surface area contributed by atoms with Gasteiger partial charge in [0.15, 0.2) is 0 Å². The number of hydrogen-bond acceptors (Lipinski definition) is 0. The van der Waals surface area contributed by atoms with Gasteiger partial charge in [0, 0.05) is 0 Å². The Morgan fingerprint density at radius 2 is 2.27 bits per heavy atom. The van der Waals surface area contributed by atoms with E-state index in [0.717, 1.165) is 5.92 Å². The van der Waals surface area contributed by atoms with Gasteiger partial charge in [-0.05, 0) is 31.6 Å². The van der Waals surface area contributed by atoms with Crippen LogP contribution in [0.15, 0.2) is 24.3 Å². The van der Waals surface area contributed by atoms with Crippen LogP contribution in [-0.2, 0) is 0 Å². The van der Waals surface area contributed by atoms with Gasteiger partial charge in [-0.15, -0.1) is 0 Å². The SMILES string of the molecule is C=CC(=CCC1CC1)CCC. The van der Waals surface area contributed by atoms with E-state index < -0.39 is 0 Å². The van der Waals surface area contributed by atoms with Crippen LogP contribution in [0, 0.1) is 5.92 Å². The van der Waals surface area contributed by atoms with Crippen molar-refractivity contribution in [2.24, 2.45) is 5.92 Å². The van der Waals surface area contributed by atoms with E-state index in [0.29, 0.717) is 0 Å². The molecule has 1 rings (SSSR count). The second-order valence-corrected chi connectivity index (χ2v) is 3.41. The number of rotatable bonds is 5. The molecule has 0 aromatic heterocycles. The molecule has 0 radical (unpaired) electrons. The smallest absolute Gasteiger partial charge is 0.0285 e. The summed E-state index contributed by atoms with van der Waals surface area (Å²) in [4.78, 5) is 0. The van der Waals surface area contributed by atoms with Gasteiger partial charge >= 0.3 is 0 Å². The molecule has 0 unspecified atom stereocenters. The third-order valence-electron chi connectivity index (χ3n) is 2.21. The van der Waals surface area contributed by atoms with Gasteiger partial charge in [0.1, 0.15) is 0 Å². The molecule has 0 atom stereocenters. The van der Waals surface area contributed by atoms with Gasteiger partial charge in [-0.25, -0.2) is 0 Å². The van der Waals surface area contributed by atoms with E-state index in [1.165, 1.54) is 37.7 Å². The van der Waals surface area contributed by atoms with E-state index >= 15 is 0 Å². The molecule has 1 saturated carbocycles. The minimum Gasteiger partial charge on any atom is -0.0988 e. The van der Waals surface area contributed by atoms with Crippen LogP contribution in [0.1, 0.15) is 39.0 Å². The lowest BCUT2D eigenvalue weighted by atomic mass is 10.1. The Morgan fingerprint density at radius 1 is 1.55 bits per heavy atom.